The van der Waals surface area contributed by atoms with Gasteiger partial charge in [0.15, 0.2) is 0 Å². The summed E-state index contributed by atoms with van der Waals surface area (Å²) < 4.78 is 4.85. The van der Waals surface area contributed by atoms with Gasteiger partial charge in [-0.2, -0.15) is 5.10 Å². The Balaban J connectivity index is 2.54. The first kappa shape index (κ1) is 7.72. The molecule has 5 nitrogen and oxygen atoms in total. The Morgan fingerprint density at radius 1 is 1.62 bits per heavy atom. The lowest BCUT2D eigenvalue weighted by Crippen LogP contribution is -2.03. The number of hydrogen-bond acceptors (Lipinski definition) is 4. The number of nitrogens with zero attached hydrogens (tertiary/aromatic N) is 2. The van der Waals surface area contributed by atoms with Gasteiger partial charge in [0, 0.05) is 13.1 Å². The van der Waals surface area contributed by atoms with Crippen LogP contribution in [0.3, 0.4) is 0 Å². The number of ether oxygens (including phenoxy) is 1. The molecule has 0 aromatic carbocycles. The maximum atomic E-state index is 10.7. The van der Waals surface area contributed by atoms with E-state index in [2.05, 4.69) is 15.2 Å². The van der Waals surface area contributed by atoms with E-state index < -0.39 is 5.97 Å². The van der Waals surface area contributed by atoms with Crippen molar-refractivity contribution in [1.82, 2.24) is 15.2 Å². The Kier molecular flexibility index (Phi) is 1.70. The Morgan fingerprint density at radius 2 is 2.46 bits per heavy atom. The van der Waals surface area contributed by atoms with E-state index in [1.807, 2.05) is 0 Å². The number of carbonyl (C=O) groups excluding carboxylic acids is 1. The largest absolute Gasteiger partial charge is 0.405 e. The number of rotatable bonds is 1. The molecule has 0 saturated heterocycles. The molecule has 0 aliphatic heterocycles. The normalized spacial score (nSPS) is 10.2. The van der Waals surface area contributed by atoms with Gasteiger partial charge in [0.1, 0.15) is 0 Å². The Hall–Kier alpha value is -1.91. The van der Waals surface area contributed by atoms with Gasteiger partial charge in [0.2, 0.25) is 0 Å². The summed E-state index contributed by atoms with van der Waals surface area (Å²) in [5.41, 5.74) is 0.797. The molecule has 0 unspecified atom stereocenters. The van der Waals surface area contributed by atoms with Crippen molar-refractivity contribution in [2.24, 2.45) is 0 Å². The highest BCUT2D eigenvalue weighted by Gasteiger charge is 2.06. The predicted molar refractivity (Wildman–Crippen MR) is 45.2 cm³/mol. The van der Waals surface area contributed by atoms with Gasteiger partial charge in [-0.15, -0.1) is 5.10 Å². The van der Waals surface area contributed by atoms with Crippen molar-refractivity contribution >= 4 is 16.9 Å². The van der Waals surface area contributed by atoms with Crippen molar-refractivity contribution in [2.45, 2.75) is 6.92 Å². The van der Waals surface area contributed by atoms with Crippen molar-refractivity contribution in [3.8, 4) is 5.88 Å². The molecule has 0 aliphatic carbocycles. The number of carbonyl (C=O) groups is 1. The molecule has 0 aliphatic rings. The standard InChI is InChI=1S/C8H7N3O2/c1-5(12)13-8-6-2-3-9-7(6)4-10-11-8/h2-4,9H,1H3. The van der Waals surface area contributed by atoms with Crippen LogP contribution in [0.4, 0.5) is 0 Å². The van der Waals surface area contributed by atoms with E-state index in [1.54, 1.807) is 18.5 Å². The van der Waals surface area contributed by atoms with Crippen LogP contribution in [-0.2, 0) is 4.79 Å². The van der Waals surface area contributed by atoms with E-state index in [9.17, 15) is 4.79 Å². The zero-order valence-electron chi connectivity index (χ0n) is 6.94. The second-order valence-corrected chi connectivity index (χ2v) is 2.55. The average molecular weight is 177 g/mol. The molecule has 0 fully saturated rings. The maximum Gasteiger partial charge on any atom is 0.309 e. The molecule has 0 atom stereocenters. The highest BCUT2D eigenvalue weighted by Crippen LogP contribution is 2.20. The molecule has 66 valence electrons. The van der Waals surface area contributed by atoms with Gasteiger partial charge >= 0.3 is 5.97 Å². The van der Waals surface area contributed by atoms with E-state index in [1.165, 1.54) is 6.92 Å². The summed E-state index contributed by atoms with van der Waals surface area (Å²) in [6, 6.07) is 1.78. The number of aromatic nitrogens is 3. The third-order valence-corrected chi connectivity index (χ3v) is 1.59. The summed E-state index contributed by atoms with van der Waals surface area (Å²) in [6.07, 6.45) is 3.31. The number of nitrogens with one attached hydrogen (secondary N) is 1. The van der Waals surface area contributed by atoms with Gasteiger partial charge in [-0.25, -0.2) is 0 Å². The highest BCUT2D eigenvalue weighted by atomic mass is 16.5. The molecule has 2 heterocycles. The van der Waals surface area contributed by atoms with Gasteiger partial charge in [-0.3, -0.25) is 4.79 Å². The molecule has 0 saturated carbocycles. The Labute approximate surface area is 73.7 Å². The average Bonchev–Trinajstić information content (AvgIpc) is 2.51. The van der Waals surface area contributed by atoms with E-state index in [0.29, 0.717) is 0 Å². The van der Waals surface area contributed by atoms with Crippen LogP contribution in [0, 0.1) is 0 Å². The number of fused-ring (bicyclic) bond motifs is 1. The van der Waals surface area contributed by atoms with Crippen LogP contribution < -0.4 is 4.74 Å². The van der Waals surface area contributed by atoms with Crippen molar-refractivity contribution in [3.63, 3.8) is 0 Å². The van der Waals surface area contributed by atoms with Gasteiger partial charge < -0.3 is 9.72 Å². The van der Waals surface area contributed by atoms with Crippen LogP contribution >= 0.6 is 0 Å². The smallest absolute Gasteiger partial charge is 0.309 e. The first-order chi connectivity index (χ1) is 6.27. The van der Waals surface area contributed by atoms with Crippen LogP contribution in [0.5, 0.6) is 5.88 Å². The molecule has 2 aromatic heterocycles. The molecule has 0 spiro atoms. The minimum absolute atomic E-state index is 0.242. The molecule has 0 bridgehead atoms. The lowest BCUT2D eigenvalue weighted by molar-refractivity contribution is -0.132. The molecular weight excluding hydrogens is 170 g/mol. The van der Waals surface area contributed by atoms with E-state index in [-0.39, 0.29) is 5.88 Å². The van der Waals surface area contributed by atoms with Crippen LogP contribution in [0.2, 0.25) is 0 Å². The van der Waals surface area contributed by atoms with E-state index in [0.717, 1.165) is 10.9 Å². The molecule has 13 heavy (non-hydrogen) atoms. The minimum Gasteiger partial charge on any atom is -0.405 e. The van der Waals surface area contributed by atoms with Crippen molar-refractivity contribution < 1.29 is 9.53 Å². The number of hydrogen-bond donors (Lipinski definition) is 1. The lowest BCUT2D eigenvalue weighted by Gasteiger charge is -1.98. The second kappa shape index (κ2) is 2.85. The summed E-state index contributed by atoms with van der Waals surface area (Å²) in [6.45, 7) is 1.33. The quantitative estimate of drug-likeness (QED) is 0.656. The second-order valence-electron chi connectivity index (χ2n) is 2.55. The third-order valence-electron chi connectivity index (χ3n) is 1.59. The van der Waals surface area contributed by atoms with Gasteiger partial charge in [0.05, 0.1) is 17.1 Å². The SMILES string of the molecule is CC(=O)Oc1nncc2[nH]ccc12. The monoisotopic (exact) mass is 177 g/mol. The Bertz CT molecular complexity index is 449. The molecule has 2 rings (SSSR count). The number of aromatic amines is 1. The zero-order valence-corrected chi connectivity index (χ0v) is 6.94. The minimum atomic E-state index is -0.400. The van der Waals surface area contributed by atoms with E-state index >= 15 is 0 Å². The zero-order chi connectivity index (χ0) is 9.26. The molecular formula is C8H7N3O2. The summed E-state index contributed by atoms with van der Waals surface area (Å²) in [4.78, 5) is 13.6. The topological polar surface area (TPSA) is 67.9 Å². The molecule has 0 amide bonds. The first-order valence-electron chi connectivity index (χ1n) is 3.74. The maximum absolute atomic E-state index is 10.7. The van der Waals surface area contributed by atoms with Crippen LogP contribution in [-0.4, -0.2) is 21.2 Å². The van der Waals surface area contributed by atoms with Crippen LogP contribution in [0.25, 0.3) is 10.9 Å². The van der Waals surface area contributed by atoms with Crippen LogP contribution in [0.15, 0.2) is 18.5 Å². The van der Waals surface area contributed by atoms with Crippen molar-refractivity contribution in [2.75, 3.05) is 0 Å². The summed E-state index contributed by atoms with van der Waals surface area (Å²) in [7, 11) is 0. The fourth-order valence-corrected chi connectivity index (χ4v) is 1.08. The van der Waals surface area contributed by atoms with Crippen molar-refractivity contribution in [3.05, 3.63) is 18.5 Å². The van der Waals surface area contributed by atoms with Crippen LogP contribution in [0.1, 0.15) is 6.92 Å². The molecule has 0 radical (unpaired) electrons. The summed E-state index contributed by atoms with van der Waals surface area (Å²) in [5, 5.41) is 8.14. The van der Waals surface area contributed by atoms with E-state index in [4.69, 9.17) is 4.74 Å². The fraction of sp³-hybridized carbons (Fsp3) is 0.125. The molecule has 5 heteroatoms. The first-order valence-corrected chi connectivity index (χ1v) is 3.74. The summed E-state index contributed by atoms with van der Waals surface area (Å²) >= 11 is 0. The number of esters is 1. The third kappa shape index (κ3) is 1.35. The van der Waals surface area contributed by atoms with Crippen molar-refractivity contribution in [1.29, 1.82) is 0 Å². The Morgan fingerprint density at radius 3 is 3.23 bits per heavy atom. The van der Waals surface area contributed by atoms with Gasteiger partial charge in [-0.1, -0.05) is 0 Å². The molecule has 1 N–H and O–H groups in total. The predicted octanol–water partition coefficient (Wildman–Crippen LogP) is 0.883. The van der Waals surface area contributed by atoms with Gasteiger partial charge in [0.25, 0.3) is 5.88 Å². The molecule has 2 aromatic rings. The summed E-state index contributed by atoms with van der Waals surface area (Å²) in [5.74, 6) is -0.158. The highest BCUT2D eigenvalue weighted by molar-refractivity contribution is 5.85. The van der Waals surface area contributed by atoms with Gasteiger partial charge in [-0.05, 0) is 6.07 Å². The number of H-pyrrole nitrogens is 1. The lowest BCUT2D eigenvalue weighted by atomic mass is 10.3. The fourth-order valence-electron chi connectivity index (χ4n) is 1.08.